The first-order valence-corrected chi connectivity index (χ1v) is 4.55. The number of aliphatic hydroxyl groups excluding tert-OH is 2. The minimum Gasteiger partial charge on any atom is -0.396 e. The Hall–Kier alpha value is -0.0800. The van der Waals surface area contributed by atoms with Gasteiger partial charge in [0.15, 0.2) is 0 Å². The van der Waals surface area contributed by atoms with Crippen LogP contribution in [0.4, 0.5) is 0 Å². The molecule has 0 unspecified atom stereocenters. The monoisotopic (exact) mass is 162 g/mol. The molecule has 0 spiro atoms. The van der Waals surface area contributed by atoms with Crippen molar-refractivity contribution in [3.05, 3.63) is 0 Å². The summed E-state index contributed by atoms with van der Waals surface area (Å²) in [6.45, 7) is 4.50. The van der Waals surface area contributed by atoms with E-state index in [9.17, 15) is 0 Å². The molecule has 0 amide bonds. The number of hydrogen-bond acceptors (Lipinski definition) is 2. The number of rotatable bonds is 2. The highest BCUT2D eigenvalue weighted by atomic mass is 16.3. The lowest BCUT2D eigenvalue weighted by atomic mass is 10.5. The molecule has 0 saturated heterocycles. The van der Waals surface area contributed by atoms with Crippen LogP contribution >= 0.6 is 0 Å². The molecule has 1 aliphatic carbocycles. The summed E-state index contributed by atoms with van der Waals surface area (Å²) in [4.78, 5) is 0. The van der Waals surface area contributed by atoms with Crippen LogP contribution in [0.25, 0.3) is 0 Å². The molecular formula is C9H22O2. The SMILES string of the molecule is C1CC1.CCCO.CCCO. The fourth-order valence-electron chi connectivity index (χ4n) is 0. The summed E-state index contributed by atoms with van der Waals surface area (Å²) in [6.07, 6.45) is 6.25. The molecular weight excluding hydrogens is 140 g/mol. The summed E-state index contributed by atoms with van der Waals surface area (Å²) in [7, 11) is 0. The van der Waals surface area contributed by atoms with Gasteiger partial charge in [-0.3, -0.25) is 0 Å². The summed E-state index contributed by atoms with van der Waals surface area (Å²) in [5.74, 6) is 0. The Balaban J connectivity index is 0. The predicted molar refractivity (Wildman–Crippen MR) is 48.6 cm³/mol. The first-order valence-electron chi connectivity index (χ1n) is 4.55. The molecule has 0 aliphatic heterocycles. The highest BCUT2D eigenvalue weighted by Gasteiger charge is 1.95. The van der Waals surface area contributed by atoms with Crippen molar-refractivity contribution in [3.63, 3.8) is 0 Å². The van der Waals surface area contributed by atoms with Crippen molar-refractivity contribution in [1.82, 2.24) is 0 Å². The van der Waals surface area contributed by atoms with Gasteiger partial charge in [0.2, 0.25) is 0 Å². The van der Waals surface area contributed by atoms with Gasteiger partial charge in [0.25, 0.3) is 0 Å². The van der Waals surface area contributed by atoms with E-state index < -0.39 is 0 Å². The normalized spacial score (nSPS) is 12.0. The maximum Gasteiger partial charge on any atom is 0.0428 e. The van der Waals surface area contributed by atoms with E-state index in [4.69, 9.17) is 10.2 Å². The zero-order valence-electron chi connectivity index (χ0n) is 7.84. The highest BCUT2D eigenvalue weighted by molar-refractivity contribution is 4.50. The van der Waals surface area contributed by atoms with Crippen LogP contribution in [0.5, 0.6) is 0 Å². The van der Waals surface area contributed by atoms with Gasteiger partial charge in [-0.05, 0) is 12.8 Å². The van der Waals surface area contributed by atoms with Gasteiger partial charge in [-0.15, -0.1) is 0 Å². The minimum absolute atomic E-state index is 0.319. The molecule has 2 heteroatoms. The van der Waals surface area contributed by atoms with Crippen LogP contribution in [0.1, 0.15) is 46.0 Å². The summed E-state index contributed by atoms with van der Waals surface area (Å²) < 4.78 is 0. The van der Waals surface area contributed by atoms with Crippen molar-refractivity contribution in [2.45, 2.75) is 46.0 Å². The molecule has 0 aromatic carbocycles. The second kappa shape index (κ2) is 16.5. The Labute approximate surface area is 70.3 Å². The lowest BCUT2D eigenvalue weighted by Crippen LogP contribution is -1.69. The molecule has 1 rings (SSSR count). The van der Waals surface area contributed by atoms with Crippen LogP contribution in [0, 0.1) is 0 Å². The highest BCUT2D eigenvalue weighted by Crippen LogP contribution is 2.14. The van der Waals surface area contributed by atoms with Crippen molar-refractivity contribution >= 4 is 0 Å². The lowest BCUT2D eigenvalue weighted by Gasteiger charge is -1.69. The van der Waals surface area contributed by atoms with Crippen LogP contribution in [0.15, 0.2) is 0 Å². The van der Waals surface area contributed by atoms with Crippen LogP contribution in [0.3, 0.4) is 0 Å². The van der Waals surface area contributed by atoms with E-state index in [1.807, 2.05) is 13.8 Å². The average Bonchev–Trinajstić information content (AvgIpc) is 2.90. The second-order valence-corrected chi connectivity index (χ2v) is 2.51. The van der Waals surface area contributed by atoms with Gasteiger partial charge in [0.05, 0.1) is 0 Å². The van der Waals surface area contributed by atoms with E-state index in [0.29, 0.717) is 13.2 Å². The lowest BCUT2D eigenvalue weighted by molar-refractivity contribution is 0.294. The molecule has 0 bridgehead atoms. The zero-order chi connectivity index (χ0) is 8.95. The quantitative estimate of drug-likeness (QED) is 0.651. The molecule has 0 radical (unpaired) electrons. The van der Waals surface area contributed by atoms with Gasteiger partial charge in [-0.1, -0.05) is 33.1 Å². The van der Waals surface area contributed by atoms with E-state index in [1.165, 1.54) is 19.3 Å². The molecule has 1 aliphatic rings. The van der Waals surface area contributed by atoms with Gasteiger partial charge in [-0.25, -0.2) is 0 Å². The summed E-state index contributed by atoms with van der Waals surface area (Å²) in [6, 6.07) is 0. The summed E-state index contributed by atoms with van der Waals surface area (Å²) in [5.41, 5.74) is 0. The first-order chi connectivity index (χ1) is 5.33. The largest absolute Gasteiger partial charge is 0.396 e. The van der Waals surface area contributed by atoms with Crippen molar-refractivity contribution in [1.29, 1.82) is 0 Å². The van der Waals surface area contributed by atoms with E-state index in [1.54, 1.807) is 0 Å². The number of hydrogen-bond donors (Lipinski definition) is 2. The van der Waals surface area contributed by atoms with Crippen molar-refractivity contribution in [2.75, 3.05) is 13.2 Å². The molecule has 70 valence electrons. The second-order valence-electron chi connectivity index (χ2n) is 2.51. The molecule has 2 N–H and O–H groups in total. The molecule has 0 aromatic heterocycles. The molecule has 2 nitrogen and oxygen atoms in total. The molecule has 1 fully saturated rings. The first kappa shape index (κ1) is 13.5. The van der Waals surface area contributed by atoms with Gasteiger partial charge >= 0.3 is 0 Å². The molecule has 11 heavy (non-hydrogen) atoms. The summed E-state index contributed by atoms with van der Waals surface area (Å²) >= 11 is 0. The van der Waals surface area contributed by atoms with E-state index >= 15 is 0 Å². The third kappa shape index (κ3) is 73.0. The maximum absolute atomic E-state index is 7.88. The third-order valence-corrected chi connectivity index (χ3v) is 0.801. The fourth-order valence-corrected chi connectivity index (χ4v) is 0. The smallest absolute Gasteiger partial charge is 0.0428 e. The fraction of sp³-hybridized carbons (Fsp3) is 1.00. The van der Waals surface area contributed by atoms with Gasteiger partial charge in [0, 0.05) is 13.2 Å². The predicted octanol–water partition coefficient (Wildman–Crippen LogP) is 1.95. The zero-order valence-corrected chi connectivity index (χ0v) is 7.84. The topological polar surface area (TPSA) is 40.5 Å². The minimum atomic E-state index is 0.319. The Morgan fingerprint density at radius 3 is 1.00 bits per heavy atom. The van der Waals surface area contributed by atoms with Crippen LogP contribution < -0.4 is 0 Å². The van der Waals surface area contributed by atoms with Crippen LogP contribution in [0.2, 0.25) is 0 Å². The van der Waals surface area contributed by atoms with Gasteiger partial charge in [-0.2, -0.15) is 0 Å². The van der Waals surface area contributed by atoms with E-state index in [0.717, 1.165) is 12.8 Å². The van der Waals surface area contributed by atoms with Crippen molar-refractivity contribution in [2.24, 2.45) is 0 Å². The van der Waals surface area contributed by atoms with E-state index in [2.05, 4.69) is 0 Å². The molecule has 0 atom stereocenters. The molecule has 1 saturated carbocycles. The molecule has 0 aromatic rings. The average molecular weight is 162 g/mol. The standard InChI is InChI=1S/2C3H8O.C3H6/c2*1-2-3-4;1-2-3-1/h2*4H,2-3H2,1H3;1-3H2. The van der Waals surface area contributed by atoms with Gasteiger partial charge < -0.3 is 10.2 Å². The Kier molecular flexibility index (Phi) is 20.2. The maximum atomic E-state index is 7.88. The van der Waals surface area contributed by atoms with Crippen LogP contribution in [-0.4, -0.2) is 23.4 Å². The van der Waals surface area contributed by atoms with Crippen molar-refractivity contribution in [3.8, 4) is 0 Å². The third-order valence-electron chi connectivity index (χ3n) is 0.801. The number of aliphatic hydroxyl groups is 2. The summed E-state index contributed by atoms with van der Waals surface area (Å²) in [5, 5.41) is 15.8. The van der Waals surface area contributed by atoms with E-state index in [-0.39, 0.29) is 0 Å². The Bertz CT molecular complexity index is 34.1. The Morgan fingerprint density at radius 1 is 0.818 bits per heavy atom. The molecule has 0 heterocycles. The van der Waals surface area contributed by atoms with Crippen molar-refractivity contribution < 1.29 is 10.2 Å². The Morgan fingerprint density at radius 2 is 1.00 bits per heavy atom. The van der Waals surface area contributed by atoms with Gasteiger partial charge in [0.1, 0.15) is 0 Å². The van der Waals surface area contributed by atoms with Crippen LogP contribution in [-0.2, 0) is 0 Å².